The van der Waals surface area contributed by atoms with Crippen molar-refractivity contribution in [2.75, 3.05) is 10.7 Å². The Kier molecular flexibility index (Phi) is 2.93. The summed E-state index contributed by atoms with van der Waals surface area (Å²) in [7, 11) is 0. The largest absolute Gasteiger partial charge is 0.321 e. The minimum atomic E-state index is -0.0325. The number of hydrogen-bond acceptors (Lipinski definition) is 5. The molecule has 0 spiro atoms. The summed E-state index contributed by atoms with van der Waals surface area (Å²) < 4.78 is 0. The Balaban J connectivity index is 2.11. The van der Waals surface area contributed by atoms with E-state index in [0.717, 1.165) is 6.42 Å². The van der Waals surface area contributed by atoms with Gasteiger partial charge in [-0.3, -0.25) is 4.79 Å². The maximum absolute atomic E-state index is 11.7. The fourth-order valence-corrected chi connectivity index (χ4v) is 1.61. The molecule has 1 heterocycles. The van der Waals surface area contributed by atoms with Crippen molar-refractivity contribution in [3.63, 3.8) is 0 Å². The molecule has 7 heteroatoms. The fourth-order valence-electron chi connectivity index (χ4n) is 1.47. The second-order valence-electron chi connectivity index (χ2n) is 3.85. The van der Waals surface area contributed by atoms with E-state index in [9.17, 15) is 4.79 Å². The fraction of sp³-hybridized carbons (Fsp3) is 0.444. The van der Waals surface area contributed by atoms with Crippen molar-refractivity contribution in [3.05, 3.63) is 11.5 Å². The number of anilines is 2. The molecule has 2 rings (SSSR count). The van der Waals surface area contributed by atoms with Gasteiger partial charge in [0.25, 0.3) is 0 Å². The molecule has 0 aliphatic heterocycles. The number of nitrogens with zero attached hydrogens (tertiary/aromatic N) is 2. The molecule has 86 valence electrons. The summed E-state index contributed by atoms with van der Waals surface area (Å²) in [4.78, 5) is 19.3. The number of halogens is 1. The minimum absolute atomic E-state index is 0.0325. The van der Waals surface area contributed by atoms with E-state index in [2.05, 4.69) is 20.7 Å². The lowest BCUT2D eigenvalue weighted by atomic mass is 10.3. The van der Waals surface area contributed by atoms with E-state index >= 15 is 0 Å². The van der Waals surface area contributed by atoms with Crippen molar-refractivity contribution in [3.8, 4) is 0 Å². The molecule has 2 unspecified atom stereocenters. The van der Waals surface area contributed by atoms with Gasteiger partial charge in [0.2, 0.25) is 11.2 Å². The van der Waals surface area contributed by atoms with Crippen molar-refractivity contribution in [1.29, 1.82) is 0 Å². The summed E-state index contributed by atoms with van der Waals surface area (Å²) in [6, 6.07) is 0. The van der Waals surface area contributed by atoms with Crippen molar-refractivity contribution in [1.82, 2.24) is 9.97 Å². The molecule has 0 bridgehead atoms. The van der Waals surface area contributed by atoms with Gasteiger partial charge in [0, 0.05) is 5.92 Å². The molecule has 0 aromatic carbocycles. The highest BCUT2D eigenvalue weighted by atomic mass is 35.5. The lowest BCUT2D eigenvalue weighted by molar-refractivity contribution is -0.117. The third-order valence-electron chi connectivity index (χ3n) is 2.60. The quantitative estimate of drug-likeness (QED) is 0.417. The summed E-state index contributed by atoms with van der Waals surface area (Å²) in [5.41, 5.74) is 2.80. The van der Waals surface area contributed by atoms with Gasteiger partial charge in [-0.25, -0.2) is 10.8 Å². The first-order chi connectivity index (χ1) is 7.61. The summed E-state index contributed by atoms with van der Waals surface area (Å²) in [6.07, 6.45) is 2.35. The van der Waals surface area contributed by atoms with Crippen molar-refractivity contribution < 1.29 is 4.79 Å². The predicted molar refractivity (Wildman–Crippen MR) is 60.8 cm³/mol. The van der Waals surface area contributed by atoms with Gasteiger partial charge >= 0.3 is 0 Å². The van der Waals surface area contributed by atoms with Gasteiger partial charge in [-0.15, -0.1) is 0 Å². The number of carbonyl (C=O) groups is 1. The number of hydrogen-bond donors (Lipinski definition) is 3. The summed E-state index contributed by atoms with van der Waals surface area (Å²) in [6.45, 7) is 2.03. The Morgan fingerprint density at radius 1 is 1.69 bits per heavy atom. The number of carbonyl (C=O) groups excluding carboxylic acids is 1. The smallest absolute Gasteiger partial charge is 0.227 e. The zero-order valence-corrected chi connectivity index (χ0v) is 9.45. The highest BCUT2D eigenvalue weighted by Gasteiger charge is 2.39. The van der Waals surface area contributed by atoms with E-state index in [4.69, 9.17) is 17.4 Å². The molecule has 16 heavy (non-hydrogen) atoms. The number of amides is 1. The van der Waals surface area contributed by atoms with Gasteiger partial charge in [0.15, 0.2) is 5.82 Å². The van der Waals surface area contributed by atoms with Crippen molar-refractivity contribution in [2.24, 2.45) is 17.7 Å². The first-order valence-corrected chi connectivity index (χ1v) is 5.29. The van der Waals surface area contributed by atoms with Crippen LogP contribution in [-0.2, 0) is 4.79 Å². The predicted octanol–water partition coefficient (Wildman–Crippen LogP) is 1.01. The van der Waals surface area contributed by atoms with Gasteiger partial charge in [0.1, 0.15) is 5.69 Å². The molecule has 1 fully saturated rings. The van der Waals surface area contributed by atoms with Crippen LogP contribution >= 0.6 is 11.6 Å². The van der Waals surface area contributed by atoms with Gasteiger partial charge in [-0.2, -0.15) is 4.98 Å². The highest BCUT2D eigenvalue weighted by Crippen LogP contribution is 2.38. The molecule has 1 saturated carbocycles. The normalized spacial score (nSPS) is 22.7. The van der Waals surface area contributed by atoms with E-state index in [1.165, 1.54) is 6.20 Å². The zero-order valence-electron chi connectivity index (χ0n) is 8.70. The molecule has 0 saturated heterocycles. The van der Waals surface area contributed by atoms with E-state index < -0.39 is 0 Å². The third kappa shape index (κ3) is 2.23. The molecule has 1 aliphatic carbocycles. The van der Waals surface area contributed by atoms with Gasteiger partial charge in [-0.05, 0) is 23.9 Å². The van der Waals surface area contributed by atoms with Crippen LogP contribution in [0.1, 0.15) is 13.3 Å². The maximum atomic E-state index is 11.7. The molecule has 0 radical (unpaired) electrons. The zero-order chi connectivity index (χ0) is 11.7. The number of nitrogens with two attached hydrogens (primary N) is 1. The van der Waals surface area contributed by atoms with E-state index in [1.54, 1.807) is 0 Å². The number of aromatic nitrogens is 2. The van der Waals surface area contributed by atoms with E-state index in [0.29, 0.717) is 17.4 Å². The van der Waals surface area contributed by atoms with Gasteiger partial charge < -0.3 is 10.7 Å². The summed E-state index contributed by atoms with van der Waals surface area (Å²) >= 11 is 5.60. The summed E-state index contributed by atoms with van der Waals surface area (Å²) in [5, 5.41) is 2.79. The standard InChI is InChI=1S/C9H12ClN5O/c1-4-2-5(4)8(16)13-6-3-12-9(10)14-7(6)15-11/h3-5H,2,11H2,1H3,(H,13,16)(H,12,14,15). The number of hydrazine groups is 1. The van der Waals surface area contributed by atoms with E-state index in [1.807, 2.05) is 6.92 Å². The highest BCUT2D eigenvalue weighted by molar-refractivity contribution is 6.28. The van der Waals surface area contributed by atoms with Crippen LogP contribution in [0.4, 0.5) is 11.5 Å². The van der Waals surface area contributed by atoms with Gasteiger partial charge in [0.05, 0.1) is 6.20 Å². The lowest BCUT2D eigenvalue weighted by Gasteiger charge is -2.08. The molecular weight excluding hydrogens is 230 g/mol. The van der Waals surface area contributed by atoms with Crippen LogP contribution in [0.2, 0.25) is 5.28 Å². The average molecular weight is 242 g/mol. The van der Waals surface area contributed by atoms with Crippen molar-refractivity contribution >= 4 is 29.0 Å². The first kappa shape index (κ1) is 11.1. The SMILES string of the molecule is CC1CC1C(=O)Nc1cnc(Cl)nc1NN. The molecule has 1 aromatic heterocycles. The molecule has 2 atom stereocenters. The topological polar surface area (TPSA) is 92.9 Å². The lowest BCUT2D eigenvalue weighted by Crippen LogP contribution is -2.18. The second-order valence-corrected chi connectivity index (χ2v) is 4.19. The Hall–Kier alpha value is -1.40. The number of rotatable bonds is 3. The monoisotopic (exact) mass is 241 g/mol. The number of nitrogen functional groups attached to an aromatic ring is 1. The second kappa shape index (κ2) is 4.23. The van der Waals surface area contributed by atoms with Crippen LogP contribution in [0.25, 0.3) is 0 Å². The Morgan fingerprint density at radius 2 is 2.38 bits per heavy atom. The average Bonchev–Trinajstić information content (AvgIpc) is 2.98. The Morgan fingerprint density at radius 3 is 2.94 bits per heavy atom. The third-order valence-corrected chi connectivity index (χ3v) is 2.78. The molecule has 1 amide bonds. The number of nitrogens with one attached hydrogen (secondary N) is 2. The Labute approximate surface area is 97.6 Å². The molecule has 1 aromatic rings. The summed E-state index contributed by atoms with van der Waals surface area (Å²) in [5.74, 6) is 6.07. The van der Waals surface area contributed by atoms with Crippen LogP contribution in [0.5, 0.6) is 0 Å². The van der Waals surface area contributed by atoms with Crippen molar-refractivity contribution in [2.45, 2.75) is 13.3 Å². The molecule has 1 aliphatic rings. The van der Waals surface area contributed by atoms with Crippen LogP contribution in [0.15, 0.2) is 6.20 Å². The Bertz CT molecular complexity index is 424. The van der Waals surface area contributed by atoms with Gasteiger partial charge in [-0.1, -0.05) is 6.92 Å². The van der Waals surface area contributed by atoms with Crippen LogP contribution in [0, 0.1) is 11.8 Å². The molecule has 6 nitrogen and oxygen atoms in total. The minimum Gasteiger partial charge on any atom is -0.321 e. The molecule has 4 N–H and O–H groups in total. The van der Waals surface area contributed by atoms with E-state index in [-0.39, 0.29) is 17.1 Å². The van der Waals surface area contributed by atoms with Crippen LogP contribution in [0.3, 0.4) is 0 Å². The first-order valence-electron chi connectivity index (χ1n) is 4.92. The van der Waals surface area contributed by atoms with Crippen LogP contribution in [-0.4, -0.2) is 15.9 Å². The molecular formula is C9H12ClN5O. The maximum Gasteiger partial charge on any atom is 0.227 e. The van der Waals surface area contributed by atoms with Crippen LogP contribution < -0.4 is 16.6 Å².